The highest BCUT2D eigenvalue weighted by Gasteiger charge is 2.47. The van der Waals surface area contributed by atoms with Crippen molar-refractivity contribution in [1.82, 2.24) is 4.72 Å². The molecule has 0 fully saturated rings. The van der Waals surface area contributed by atoms with E-state index < -0.39 is 46.0 Å². The molecular weight excluding hydrogens is 395 g/mol. The Morgan fingerprint density at radius 2 is 1.67 bits per heavy atom. The summed E-state index contributed by atoms with van der Waals surface area (Å²) in [7, 11) is -4.24. The zero-order valence-electron chi connectivity index (χ0n) is 13.2. The quantitative estimate of drug-likeness (QED) is 0.793. The molecule has 1 aliphatic rings. The van der Waals surface area contributed by atoms with Crippen molar-refractivity contribution in [3.05, 3.63) is 65.7 Å². The van der Waals surface area contributed by atoms with Crippen LogP contribution in [0.4, 0.5) is 22.0 Å². The molecule has 2 aromatic rings. The number of aliphatic imine (C=N–C) groups is 1. The van der Waals surface area contributed by atoms with E-state index in [9.17, 15) is 30.4 Å². The van der Waals surface area contributed by atoms with Crippen LogP contribution in [0.5, 0.6) is 0 Å². The molecule has 27 heavy (non-hydrogen) atoms. The third-order valence-electron chi connectivity index (χ3n) is 3.63. The topological polar surface area (TPSA) is 67.8 Å². The van der Waals surface area contributed by atoms with Crippen LogP contribution in [-0.2, 0) is 14.8 Å². The maximum Gasteiger partial charge on any atom is 0.468 e. The second kappa shape index (κ2) is 6.89. The van der Waals surface area contributed by atoms with E-state index in [-0.39, 0.29) is 10.5 Å². The van der Waals surface area contributed by atoms with Crippen molar-refractivity contribution in [3.8, 4) is 0 Å². The monoisotopic (exact) mass is 406 g/mol. The zero-order chi connectivity index (χ0) is 19.8. The van der Waals surface area contributed by atoms with Crippen LogP contribution < -0.4 is 4.72 Å². The average molecular weight is 406 g/mol. The molecule has 0 saturated heterocycles. The van der Waals surface area contributed by atoms with Crippen molar-refractivity contribution in [2.24, 2.45) is 4.99 Å². The standard InChI is InChI=1S/C16H11F5N2O3S/c17-11-7-6-9(8-12(11)18)13-14(22-15(26-13)16(19,20)21)23-27(24,25)10-4-2-1-3-5-10/h1-8,13-14,23H. The van der Waals surface area contributed by atoms with E-state index in [0.717, 1.165) is 6.07 Å². The molecule has 11 heteroatoms. The Hall–Kier alpha value is -2.53. The summed E-state index contributed by atoms with van der Waals surface area (Å²) in [6.45, 7) is 0. The molecule has 0 radical (unpaired) electrons. The van der Waals surface area contributed by atoms with Gasteiger partial charge in [-0.3, -0.25) is 0 Å². The minimum Gasteiger partial charge on any atom is -0.462 e. The lowest BCUT2D eigenvalue weighted by molar-refractivity contribution is -0.0794. The number of alkyl halides is 3. The second-order valence-electron chi connectivity index (χ2n) is 5.52. The minimum absolute atomic E-state index is 0.204. The number of halogens is 5. The molecule has 0 amide bonds. The number of benzene rings is 2. The van der Waals surface area contributed by atoms with Crippen molar-refractivity contribution in [2.45, 2.75) is 23.3 Å². The van der Waals surface area contributed by atoms with Gasteiger partial charge in [-0.15, -0.1) is 0 Å². The van der Waals surface area contributed by atoms with Crippen molar-refractivity contribution >= 4 is 15.9 Å². The molecule has 3 rings (SSSR count). The van der Waals surface area contributed by atoms with Crippen LogP contribution >= 0.6 is 0 Å². The fraction of sp³-hybridized carbons (Fsp3) is 0.188. The van der Waals surface area contributed by atoms with Crippen molar-refractivity contribution < 1.29 is 35.1 Å². The largest absolute Gasteiger partial charge is 0.468 e. The summed E-state index contributed by atoms with van der Waals surface area (Å²) in [5.74, 6) is -4.20. The number of hydrogen-bond acceptors (Lipinski definition) is 4. The van der Waals surface area contributed by atoms with Gasteiger partial charge in [-0.25, -0.2) is 22.2 Å². The fourth-order valence-corrected chi connectivity index (χ4v) is 3.55. The van der Waals surface area contributed by atoms with E-state index in [4.69, 9.17) is 4.74 Å². The van der Waals surface area contributed by atoms with Gasteiger partial charge >= 0.3 is 6.18 Å². The normalized spacial score (nSPS) is 20.3. The Balaban J connectivity index is 1.97. The van der Waals surface area contributed by atoms with E-state index in [1.165, 1.54) is 24.3 Å². The molecule has 0 aliphatic carbocycles. The van der Waals surface area contributed by atoms with Crippen LogP contribution in [0, 0.1) is 11.6 Å². The van der Waals surface area contributed by atoms with Gasteiger partial charge in [0.25, 0.3) is 5.90 Å². The number of nitrogens with one attached hydrogen (secondary N) is 1. The first-order chi connectivity index (χ1) is 12.6. The fourth-order valence-electron chi connectivity index (χ4n) is 2.40. The molecule has 0 spiro atoms. The molecule has 144 valence electrons. The molecule has 1 heterocycles. The van der Waals surface area contributed by atoms with Crippen molar-refractivity contribution in [3.63, 3.8) is 0 Å². The SMILES string of the molecule is O=S(=O)(NC1N=C(C(F)(F)F)OC1c1ccc(F)c(F)c1)c1ccccc1. The number of sulfonamides is 1. The van der Waals surface area contributed by atoms with Gasteiger partial charge in [0.05, 0.1) is 4.90 Å². The summed E-state index contributed by atoms with van der Waals surface area (Å²) in [6.07, 6.45) is -8.34. The third-order valence-corrected chi connectivity index (χ3v) is 5.07. The van der Waals surface area contributed by atoms with Gasteiger partial charge in [0, 0.05) is 0 Å². The van der Waals surface area contributed by atoms with Gasteiger partial charge < -0.3 is 4.74 Å². The number of ether oxygens (including phenoxy) is 1. The summed E-state index contributed by atoms with van der Waals surface area (Å²) in [6, 6.07) is 9.19. The highest BCUT2D eigenvalue weighted by molar-refractivity contribution is 7.89. The molecule has 0 aromatic heterocycles. The molecular formula is C16H11F5N2O3S. The maximum absolute atomic E-state index is 13.5. The zero-order valence-corrected chi connectivity index (χ0v) is 14.1. The molecule has 1 N–H and O–H groups in total. The van der Waals surface area contributed by atoms with Crippen LogP contribution in [0.15, 0.2) is 58.4 Å². The van der Waals surface area contributed by atoms with E-state index in [1.807, 2.05) is 4.72 Å². The Morgan fingerprint density at radius 1 is 1.00 bits per heavy atom. The summed E-state index contributed by atoms with van der Waals surface area (Å²) in [5.41, 5.74) is -0.210. The smallest absolute Gasteiger partial charge is 0.462 e. The maximum atomic E-state index is 13.5. The van der Waals surface area contributed by atoms with Crippen molar-refractivity contribution in [1.29, 1.82) is 0 Å². The van der Waals surface area contributed by atoms with E-state index >= 15 is 0 Å². The molecule has 2 aromatic carbocycles. The lowest BCUT2D eigenvalue weighted by Crippen LogP contribution is -2.36. The molecule has 0 saturated carbocycles. The summed E-state index contributed by atoms with van der Waals surface area (Å²) >= 11 is 0. The Labute approximate surface area is 150 Å². The van der Waals surface area contributed by atoms with Crippen LogP contribution in [0.3, 0.4) is 0 Å². The number of nitrogens with zero attached hydrogens (tertiary/aromatic N) is 1. The average Bonchev–Trinajstić information content (AvgIpc) is 3.01. The van der Waals surface area contributed by atoms with Crippen LogP contribution in [0.1, 0.15) is 11.7 Å². The summed E-state index contributed by atoms with van der Waals surface area (Å²) < 4.78 is 96.9. The van der Waals surface area contributed by atoms with E-state index in [1.54, 1.807) is 6.07 Å². The molecule has 2 atom stereocenters. The molecule has 5 nitrogen and oxygen atoms in total. The first-order valence-electron chi connectivity index (χ1n) is 7.42. The highest BCUT2D eigenvalue weighted by Crippen LogP contribution is 2.34. The molecule has 1 aliphatic heterocycles. The predicted octanol–water partition coefficient (Wildman–Crippen LogP) is 3.30. The number of hydrogen-bond donors (Lipinski definition) is 1. The number of rotatable bonds is 4. The lowest BCUT2D eigenvalue weighted by Gasteiger charge is -2.19. The second-order valence-corrected chi connectivity index (χ2v) is 7.24. The van der Waals surface area contributed by atoms with Gasteiger partial charge in [0.2, 0.25) is 10.0 Å². The van der Waals surface area contributed by atoms with Crippen LogP contribution in [-0.4, -0.2) is 26.7 Å². The highest BCUT2D eigenvalue weighted by atomic mass is 32.2. The lowest BCUT2D eigenvalue weighted by atomic mass is 10.1. The summed E-state index contributed by atoms with van der Waals surface area (Å²) in [4.78, 5) is 3.04. The molecule has 2 unspecified atom stereocenters. The van der Waals surface area contributed by atoms with E-state index in [0.29, 0.717) is 12.1 Å². The van der Waals surface area contributed by atoms with Crippen LogP contribution in [0.2, 0.25) is 0 Å². The van der Waals surface area contributed by atoms with Gasteiger partial charge in [-0.05, 0) is 29.8 Å². The predicted molar refractivity (Wildman–Crippen MR) is 84.2 cm³/mol. The first kappa shape index (κ1) is 19.2. The van der Waals surface area contributed by atoms with Gasteiger partial charge in [-0.2, -0.15) is 17.9 Å². The van der Waals surface area contributed by atoms with E-state index in [2.05, 4.69) is 4.99 Å². The Bertz CT molecular complexity index is 977. The Kier molecular flexibility index (Phi) is 4.91. The van der Waals surface area contributed by atoms with Crippen LogP contribution in [0.25, 0.3) is 0 Å². The first-order valence-corrected chi connectivity index (χ1v) is 8.90. The van der Waals surface area contributed by atoms with Gasteiger partial charge in [-0.1, -0.05) is 24.3 Å². The Morgan fingerprint density at radius 3 is 2.26 bits per heavy atom. The third kappa shape index (κ3) is 4.08. The van der Waals surface area contributed by atoms with Gasteiger partial charge in [0.1, 0.15) is 0 Å². The van der Waals surface area contributed by atoms with Gasteiger partial charge in [0.15, 0.2) is 23.9 Å². The molecule has 0 bridgehead atoms. The summed E-state index contributed by atoms with van der Waals surface area (Å²) in [5, 5.41) is 0. The van der Waals surface area contributed by atoms with Crippen molar-refractivity contribution in [2.75, 3.05) is 0 Å². The minimum atomic E-state index is -4.98.